The largest absolute Gasteiger partial charge is 0.508 e. The standard InChI is InChI=1S/C13H12N2O4S/c1-7-11(13(18)19)20-10(15-7)6-14-12(17)8-3-2-4-9(16)5-8/h2-5,16H,6H2,1H3,(H,14,17)(H,18,19). The van der Waals surface area contributed by atoms with Crippen molar-refractivity contribution in [3.05, 3.63) is 45.4 Å². The molecule has 0 aliphatic carbocycles. The third kappa shape index (κ3) is 3.12. The molecule has 0 unspecified atom stereocenters. The molecule has 1 amide bonds. The second-order valence-corrected chi connectivity index (χ2v) is 5.14. The van der Waals surface area contributed by atoms with Gasteiger partial charge in [0.2, 0.25) is 0 Å². The average Bonchev–Trinajstić information content (AvgIpc) is 2.77. The molecule has 1 aromatic carbocycles. The van der Waals surface area contributed by atoms with E-state index in [1.54, 1.807) is 19.1 Å². The van der Waals surface area contributed by atoms with Gasteiger partial charge in [-0.2, -0.15) is 0 Å². The number of carbonyl (C=O) groups is 2. The quantitative estimate of drug-likeness (QED) is 0.797. The summed E-state index contributed by atoms with van der Waals surface area (Å²) < 4.78 is 0. The molecule has 0 aliphatic heterocycles. The topological polar surface area (TPSA) is 99.5 Å². The minimum atomic E-state index is -1.02. The summed E-state index contributed by atoms with van der Waals surface area (Å²) in [5, 5.41) is 21.4. The molecule has 0 saturated carbocycles. The van der Waals surface area contributed by atoms with Crippen molar-refractivity contribution in [2.45, 2.75) is 13.5 Å². The Hall–Kier alpha value is -2.41. The Labute approximate surface area is 118 Å². The van der Waals surface area contributed by atoms with Gasteiger partial charge in [-0.05, 0) is 25.1 Å². The first-order valence-corrected chi connectivity index (χ1v) is 6.56. The summed E-state index contributed by atoms with van der Waals surface area (Å²) in [7, 11) is 0. The highest BCUT2D eigenvalue weighted by Gasteiger charge is 2.14. The van der Waals surface area contributed by atoms with Crippen LogP contribution in [0.3, 0.4) is 0 Å². The van der Waals surface area contributed by atoms with Crippen LogP contribution in [0.4, 0.5) is 0 Å². The van der Waals surface area contributed by atoms with Gasteiger partial charge in [0.1, 0.15) is 15.6 Å². The SMILES string of the molecule is Cc1nc(CNC(=O)c2cccc(O)c2)sc1C(=O)O. The number of aromatic hydroxyl groups is 1. The molecule has 3 N–H and O–H groups in total. The second kappa shape index (κ2) is 5.70. The summed E-state index contributed by atoms with van der Waals surface area (Å²) in [5.74, 6) is -1.37. The van der Waals surface area contributed by atoms with Crippen LogP contribution in [0.2, 0.25) is 0 Å². The van der Waals surface area contributed by atoms with Crippen LogP contribution >= 0.6 is 11.3 Å². The van der Waals surface area contributed by atoms with Crippen LogP contribution in [0.5, 0.6) is 5.75 Å². The van der Waals surface area contributed by atoms with Crippen LogP contribution < -0.4 is 5.32 Å². The molecule has 0 aliphatic rings. The normalized spacial score (nSPS) is 10.2. The maximum Gasteiger partial charge on any atom is 0.347 e. The maximum absolute atomic E-state index is 11.8. The van der Waals surface area contributed by atoms with Crippen molar-refractivity contribution in [1.82, 2.24) is 10.3 Å². The van der Waals surface area contributed by atoms with Crippen LogP contribution in [0.25, 0.3) is 0 Å². The van der Waals surface area contributed by atoms with E-state index in [0.29, 0.717) is 16.3 Å². The first-order chi connectivity index (χ1) is 9.47. The number of hydrogen-bond acceptors (Lipinski definition) is 5. The van der Waals surface area contributed by atoms with Crippen molar-refractivity contribution in [3.8, 4) is 5.75 Å². The molecule has 0 saturated heterocycles. The number of aromatic carboxylic acids is 1. The van der Waals surface area contributed by atoms with Gasteiger partial charge in [-0.3, -0.25) is 4.79 Å². The predicted octanol–water partition coefficient (Wildman–Crippen LogP) is 1.79. The third-order valence-electron chi connectivity index (χ3n) is 2.54. The number of hydrogen-bond donors (Lipinski definition) is 3. The molecular weight excluding hydrogens is 280 g/mol. The Morgan fingerprint density at radius 3 is 2.75 bits per heavy atom. The summed E-state index contributed by atoms with van der Waals surface area (Å²) in [4.78, 5) is 27.0. The van der Waals surface area contributed by atoms with Gasteiger partial charge in [0, 0.05) is 5.56 Å². The Balaban J connectivity index is 2.04. The number of phenols is 1. The molecule has 2 aromatic rings. The average molecular weight is 292 g/mol. The van der Waals surface area contributed by atoms with Gasteiger partial charge in [-0.15, -0.1) is 11.3 Å². The molecule has 0 spiro atoms. The first kappa shape index (κ1) is 14.0. The number of phenolic OH excluding ortho intramolecular Hbond substituents is 1. The van der Waals surface area contributed by atoms with Crippen LogP contribution in [-0.2, 0) is 6.54 Å². The van der Waals surface area contributed by atoms with Crippen molar-refractivity contribution in [2.75, 3.05) is 0 Å². The van der Waals surface area contributed by atoms with E-state index in [0.717, 1.165) is 11.3 Å². The van der Waals surface area contributed by atoms with Gasteiger partial charge in [-0.1, -0.05) is 6.07 Å². The van der Waals surface area contributed by atoms with E-state index in [1.165, 1.54) is 12.1 Å². The van der Waals surface area contributed by atoms with E-state index in [1.807, 2.05) is 0 Å². The number of carbonyl (C=O) groups excluding carboxylic acids is 1. The third-order valence-corrected chi connectivity index (χ3v) is 3.69. The molecule has 104 valence electrons. The highest BCUT2D eigenvalue weighted by Crippen LogP contribution is 2.18. The summed E-state index contributed by atoms with van der Waals surface area (Å²) in [6, 6.07) is 5.97. The fourth-order valence-corrected chi connectivity index (χ4v) is 2.47. The van der Waals surface area contributed by atoms with Gasteiger partial charge >= 0.3 is 5.97 Å². The van der Waals surface area contributed by atoms with Crippen LogP contribution in [0.15, 0.2) is 24.3 Å². The molecule has 6 nitrogen and oxygen atoms in total. The summed E-state index contributed by atoms with van der Waals surface area (Å²) in [5.41, 5.74) is 0.765. The predicted molar refractivity (Wildman–Crippen MR) is 73.1 cm³/mol. The summed E-state index contributed by atoms with van der Waals surface area (Å²) >= 11 is 1.03. The number of carboxylic acids is 1. The van der Waals surface area contributed by atoms with E-state index in [2.05, 4.69) is 10.3 Å². The number of carboxylic acid groups (broad SMARTS) is 1. The van der Waals surface area contributed by atoms with Gasteiger partial charge in [0.15, 0.2) is 0 Å². The minimum Gasteiger partial charge on any atom is -0.508 e. The molecule has 0 bridgehead atoms. The highest BCUT2D eigenvalue weighted by molar-refractivity contribution is 7.13. The van der Waals surface area contributed by atoms with E-state index in [-0.39, 0.29) is 23.1 Å². The lowest BCUT2D eigenvalue weighted by Gasteiger charge is -2.03. The van der Waals surface area contributed by atoms with E-state index < -0.39 is 5.97 Å². The number of benzene rings is 1. The maximum atomic E-state index is 11.8. The van der Waals surface area contributed by atoms with Crippen molar-refractivity contribution in [2.24, 2.45) is 0 Å². The molecule has 20 heavy (non-hydrogen) atoms. The molecule has 0 atom stereocenters. The Morgan fingerprint density at radius 2 is 2.15 bits per heavy atom. The first-order valence-electron chi connectivity index (χ1n) is 5.74. The number of aromatic nitrogens is 1. The summed E-state index contributed by atoms with van der Waals surface area (Å²) in [6.45, 7) is 1.76. The second-order valence-electron chi connectivity index (χ2n) is 4.06. The van der Waals surface area contributed by atoms with Gasteiger partial charge in [0.25, 0.3) is 5.91 Å². The fraction of sp³-hybridized carbons (Fsp3) is 0.154. The smallest absolute Gasteiger partial charge is 0.347 e. The lowest BCUT2D eigenvalue weighted by Crippen LogP contribution is -2.22. The highest BCUT2D eigenvalue weighted by atomic mass is 32.1. The molecule has 1 heterocycles. The van der Waals surface area contributed by atoms with Crippen molar-refractivity contribution in [1.29, 1.82) is 0 Å². The summed E-state index contributed by atoms with van der Waals surface area (Å²) in [6.07, 6.45) is 0. The number of thiazole rings is 1. The molecular formula is C13H12N2O4S. The molecule has 2 rings (SSSR count). The Kier molecular flexibility index (Phi) is 3.99. The molecule has 1 aromatic heterocycles. The van der Waals surface area contributed by atoms with E-state index in [4.69, 9.17) is 5.11 Å². The number of aryl methyl sites for hydroxylation is 1. The number of nitrogens with zero attached hydrogens (tertiary/aromatic N) is 1. The molecule has 0 fully saturated rings. The van der Waals surface area contributed by atoms with Crippen molar-refractivity contribution >= 4 is 23.2 Å². The Morgan fingerprint density at radius 1 is 1.40 bits per heavy atom. The molecule has 7 heteroatoms. The zero-order valence-corrected chi connectivity index (χ0v) is 11.4. The van der Waals surface area contributed by atoms with Crippen LogP contribution in [-0.4, -0.2) is 27.1 Å². The van der Waals surface area contributed by atoms with Crippen LogP contribution in [0.1, 0.15) is 30.7 Å². The minimum absolute atomic E-state index is 0.0101. The zero-order valence-electron chi connectivity index (χ0n) is 10.6. The number of amides is 1. The van der Waals surface area contributed by atoms with Gasteiger partial charge < -0.3 is 15.5 Å². The van der Waals surface area contributed by atoms with Crippen molar-refractivity contribution < 1.29 is 19.8 Å². The number of nitrogens with one attached hydrogen (secondary N) is 1. The van der Waals surface area contributed by atoms with Crippen LogP contribution in [0, 0.1) is 6.92 Å². The van der Waals surface area contributed by atoms with Gasteiger partial charge in [0.05, 0.1) is 12.2 Å². The van der Waals surface area contributed by atoms with Gasteiger partial charge in [-0.25, -0.2) is 9.78 Å². The lowest BCUT2D eigenvalue weighted by atomic mass is 10.2. The fourth-order valence-electron chi connectivity index (χ4n) is 1.63. The van der Waals surface area contributed by atoms with E-state index >= 15 is 0 Å². The lowest BCUT2D eigenvalue weighted by molar-refractivity contribution is 0.0701. The van der Waals surface area contributed by atoms with E-state index in [9.17, 15) is 14.7 Å². The monoisotopic (exact) mass is 292 g/mol. The zero-order chi connectivity index (χ0) is 14.7. The Bertz CT molecular complexity index is 666. The van der Waals surface area contributed by atoms with Crippen molar-refractivity contribution in [3.63, 3.8) is 0 Å². The number of rotatable bonds is 4. The molecule has 0 radical (unpaired) electrons.